The molecule has 2 heteroatoms. The summed E-state index contributed by atoms with van der Waals surface area (Å²) in [6.07, 6.45) is 2.09. The second-order valence-corrected chi connectivity index (χ2v) is 5.55. The zero-order valence-electron chi connectivity index (χ0n) is 12.4. The smallest absolute Gasteiger partial charge is 0.123 e. The van der Waals surface area contributed by atoms with Crippen LogP contribution < -0.4 is 0 Å². The summed E-state index contributed by atoms with van der Waals surface area (Å²) in [5, 5.41) is 19.6. The first kappa shape index (κ1) is 14.4. The van der Waals surface area contributed by atoms with Crippen molar-refractivity contribution < 1.29 is 10.2 Å². The molecule has 0 aliphatic carbocycles. The van der Waals surface area contributed by atoms with Crippen molar-refractivity contribution in [1.82, 2.24) is 0 Å². The highest BCUT2D eigenvalue weighted by Gasteiger charge is 2.23. The van der Waals surface area contributed by atoms with Gasteiger partial charge in [-0.25, -0.2) is 0 Å². The Kier molecular flexibility index (Phi) is 4.03. The van der Waals surface area contributed by atoms with Gasteiger partial charge in [0, 0.05) is 5.56 Å². The van der Waals surface area contributed by atoms with Gasteiger partial charge in [0.1, 0.15) is 11.5 Å². The summed E-state index contributed by atoms with van der Waals surface area (Å²) in [6.45, 7) is 6.57. The summed E-state index contributed by atoms with van der Waals surface area (Å²) in [6, 6.07) is 12.8. The fourth-order valence-corrected chi connectivity index (χ4v) is 2.45. The van der Waals surface area contributed by atoms with Crippen molar-refractivity contribution in [3.8, 4) is 22.6 Å². The minimum Gasteiger partial charge on any atom is -0.508 e. The van der Waals surface area contributed by atoms with E-state index in [-0.39, 0.29) is 11.2 Å². The third-order valence-corrected chi connectivity index (χ3v) is 4.43. The van der Waals surface area contributed by atoms with E-state index in [4.69, 9.17) is 0 Å². The first-order valence-electron chi connectivity index (χ1n) is 7.13. The van der Waals surface area contributed by atoms with E-state index in [9.17, 15) is 10.2 Å². The molecule has 0 aliphatic rings. The summed E-state index contributed by atoms with van der Waals surface area (Å²) in [5.74, 6) is 0.524. The molecule has 0 atom stereocenters. The quantitative estimate of drug-likeness (QED) is 0.834. The normalized spacial score (nSPS) is 11.6. The summed E-state index contributed by atoms with van der Waals surface area (Å²) in [4.78, 5) is 0. The average molecular weight is 270 g/mol. The Labute approximate surface area is 120 Å². The van der Waals surface area contributed by atoms with E-state index in [2.05, 4.69) is 26.8 Å². The van der Waals surface area contributed by atoms with Gasteiger partial charge >= 0.3 is 0 Å². The molecule has 2 nitrogen and oxygen atoms in total. The van der Waals surface area contributed by atoms with E-state index < -0.39 is 0 Å². The highest BCUT2D eigenvalue weighted by molar-refractivity contribution is 5.71. The van der Waals surface area contributed by atoms with Crippen LogP contribution >= 0.6 is 0 Å². The van der Waals surface area contributed by atoms with Crippen LogP contribution in [0.4, 0.5) is 0 Å². The van der Waals surface area contributed by atoms with Crippen molar-refractivity contribution in [3.05, 3.63) is 48.0 Å². The van der Waals surface area contributed by atoms with Crippen molar-refractivity contribution in [3.63, 3.8) is 0 Å². The topological polar surface area (TPSA) is 40.5 Å². The van der Waals surface area contributed by atoms with Crippen molar-refractivity contribution in [1.29, 1.82) is 0 Å². The second kappa shape index (κ2) is 5.58. The van der Waals surface area contributed by atoms with E-state index in [0.29, 0.717) is 5.75 Å². The Morgan fingerprint density at radius 2 is 1.50 bits per heavy atom. The summed E-state index contributed by atoms with van der Waals surface area (Å²) in [7, 11) is 0. The molecule has 2 aromatic carbocycles. The maximum Gasteiger partial charge on any atom is 0.123 e. The molecule has 0 aromatic heterocycles. The minimum atomic E-state index is 0.102. The van der Waals surface area contributed by atoms with Crippen molar-refractivity contribution in [2.24, 2.45) is 0 Å². The number of phenolic OH excluding ortho intramolecular Hbond substituents is 2. The highest BCUT2D eigenvalue weighted by atomic mass is 16.3. The lowest BCUT2D eigenvalue weighted by molar-refractivity contribution is 0.431. The first-order valence-corrected chi connectivity index (χ1v) is 7.13. The molecule has 0 aliphatic heterocycles. The molecule has 106 valence electrons. The van der Waals surface area contributed by atoms with Gasteiger partial charge in [0.25, 0.3) is 0 Å². The third-order valence-electron chi connectivity index (χ3n) is 4.43. The van der Waals surface area contributed by atoms with Gasteiger partial charge in [-0.3, -0.25) is 0 Å². The van der Waals surface area contributed by atoms with Gasteiger partial charge in [-0.1, -0.05) is 45.0 Å². The first-order chi connectivity index (χ1) is 9.50. The lowest BCUT2D eigenvalue weighted by Crippen LogP contribution is -2.19. The lowest BCUT2D eigenvalue weighted by atomic mass is 9.77. The predicted molar refractivity (Wildman–Crippen MR) is 83.1 cm³/mol. The van der Waals surface area contributed by atoms with Gasteiger partial charge in [0.15, 0.2) is 0 Å². The zero-order chi connectivity index (χ0) is 14.8. The third kappa shape index (κ3) is 2.64. The van der Waals surface area contributed by atoms with Crippen LogP contribution in [0.1, 0.15) is 39.2 Å². The SMILES string of the molecule is CCC(C)(CC)c1ccc(-c2ccc(O)cc2)c(O)c1. The van der Waals surface area contributed by atoms with Crippen molar-refractivity contribution in [2.45, 2.75) is 39.0 Å². The lowest BCUT2D eigenvalue weighted by Gasteiger charge is -2.27. The summed E-state index contributed by atoms with van der Waals surface area (Å²) in [5.41, 5.74) is 2.97. The standard InChI is InChI=1S/C18H22O2/c1-4-18(3,5-2)14-8-11-16(17(20)12-14)13-6-9-15(19)10-7-13/h6-12,19-20H,4-5H2,1-3H3. The van der Waals surface area contributed by atoms with Crippen LogP contribution in [-0.2, 0) is 5.41 Å². The van der Waals surface area contributed by atoms with Crippen LogP contribution in [-0.4, -0.2) is 10.2 Å². The van der Waals surface area contributed by atoms with Gasteiger partial charge in [-0.05, 0) is 47.6 Å². The molecule has 20 heavy (non-hydrogen) atoms. The Morgan fingerprint density at radius 3 is 2.00 bits per heavy atom. The molecule has 0 saturated heterocycles. The Bertz CT molecular complexity index is 581. The fraction of sp³-hybridized carbons (Fsp3) is 0.333. The number of aromatic hydroxyl groups is 2. The molecule has 0 saturated carbocycles. The molecule has 0 unspecified atom stereocenters. The molecule has 2 rings (SSSR count). The number of benzene rings is 2. The largest absolute Gasteiger partial charge is 0.508 e. The van der Waals surface area contributed by atoms with E-state index in [1.165, 1.54) is 5.56 Å². The highest BCUT2D eigenvalue weighted by Crippen LogP contribution is 2.37. The van der Waals surface area contributed by atoms with Crippen LogP contribution in [0.3, 0.4) is 0 Å². The Morgan fingerprint density at radius 1 is 0.900 bits per heavy atom. The van der Waals surface area contributed by atoms with E-state index in [0.717, 1.165) is 24.0 Å². The van der Waals surface area contributed by atoms with E-state index >= 15 is 0 Å². The molecular formula is C18H22O2. The monoisotopic (exact) mass is 270 g/mol. The van der Waals surface area contributed by atoms with Crippen LogP contribution in [0.15, 0.2) is 42.5 Å². The zero-order valence-corrected chi connectivity index (χ0v) is 12.4. The van der Waals surface area contributed by atoms with Crippen molar-refractivity contribution in [2.75, 3.05) is 0 Å². The van der Waals surface area contributed by atoms with Crippen LogP contribution in [0.5, 0.6) is 11.5 Å². The van der Waals surface area contributed by atoms with Gasteiger partial charge < -0.3 is 10.2 Å². The molecule has 2 N–H and O–H groups in total. The van der Waals surface area contributed by atoms with Gasteiger partial charge in [0.2, 0.25) is 0 Å². The molecule has 2 aromatic rings. The average Bonchev–Trinajstić information content (AvgIpc) is 2.47. The molecule has 0 radical (unpaired) electrons. The summed E-state index contributed by atoms with van der Waals surface area (Å²) < 4.78 is 0. The van der Waals surface area contributed by atoms with E-state index in [1.807, 2.05) is 24.3 Å². The van der Waals surface area contributed by atoms with Crippen LogP contribution in [0, 0.1) is 0 Å². The molecule has 0 bridgehead atoms. The number of hydrogen-bond donors (Lipinski definition) is 2. The van der Waals surface area contributed by atoms with Gasteiger partial charge in [0.05, 0.1) is 0 Å². The Hall–Kier alpha value is -1.96. The van der Waals surface area contributed by atoms with Gasteiger partial charge in [-0.2, -0.15) is 0 Å². The van der Waals surface area contributed by atoms with Crippen LogP contribution in [0.2, 0.25) is 0 Å². The van der Waals surface area contributed by atoms with E-state index in [1.54, 1.807) is 12.1 Å². The fourth-order valence-electron chi connectivity index (χ4n) is 2.45. The van der Waals surface area contributed by atoms with Crippen LogP contribution in [0.25, 0.3) is 11.1 Å². The molecular weight excluding hydrogens is 248 g/mol. The number of phenols is 2. The predicted octanol–water partition coefficient (Wildman–Crippen LogP) is 4.84. The van der Waals surface area contributed by atoms with Gasteiger partial charge in [-0.15, -0.1) is 0 Å². The number of rotatable bonds is 4. The molecule has 0 fully saturated rings. The maximum absolute atomic E-state index is 10.3. The number of hydrogen-bond acceptors (Lipinski definition) is 2. The Balaban J connectivity index is 2.42. The molecule has 0 amide bonds. The minimum absolute atomic E-state index is 0.102. The second-order valence-electron chi connectivity index (χ2n) is 5.55. The molecule has 0 spiro atoms. The van der Waals surface area contributed by atoms with Crippen molar-refractivity contribution >= 4 is 0 Å². The maximum atomic E-state index is 10.3. The summed E-state index contributed by atoms with van der Waals surface area (Å²) >= 11 is 0. The molecule has 0 heterocycles.